The van der Waals surface area contributed by atoms with Crippen molar-refractivity contribution in [2.75, 3.05) is 26.2 Å². The Balaban J connectivity index is 1.48. The van der Waals surface area contributed by atoms with Gasteiger partial charge in [-0.05, 0) is 18.9 Å². The zero-order valence-electron chi connectivity index (χ0n) is 13.7. The van der Waals surface area contributed by atoms with E-state index in [-0.39, 0.29) is 30.6 Å². The number of nitrogens with one attached hydrogen (secondary N) is 2. The van der Waals surface area contributed by atoms with Gasteiger partial charge in [-0.25, -0.2) is 4.79 Å². The largest absolute Gasteiger partial charge is 0.493 e. The average Bonchev–Trinajstić information content (AvgIpc) is 2.56. The first-order valence-electron chi connectivity index (χ1n) is 8.41. The van der Waals surface area contributed by atoms with Crippen LogP contribution in [0.4, 0.5) is 4.79 Å². The van der Waals surface area contributed by atoms with Crippen LogP contribution in [0.25, 0.3) is 0 Å². The van der Waals surface area contributed by atoms with E-state index in [9.17, 15) is 9.59 Å². The molecule has 2 aliphatic heterocycles. The molecule has 1 fully saturated rings. The van der Waals surface area contributed by atoms with E-state index in [1.165, 1.54) is 0 Å². The number of amides is 3. The monoisotopic (exact) mass is 332 g/mol. The molecule has 0 unspecified atom stereocenters. The molecule has 130 valence electrons. The maximum Gasteiger partial charge on any atom is 0.315 e. The second-order valence-electron chi connectivity index (χ2n) is 6.36. The van der Waals surface area contributed by atoms with E-state index in [0.717, 1.165) is 43.7 Å². The number of likely N-dealkylation sites (tertiary alicyclic amines) is 1. The highest BCUT2D eigenvalue weighted by atomic mass is 16.5. The Bertz CT molecular complexity index is 599. The number of rotatable bonds is 4. The summed E-state index contributed by atoms with van der Waals surface area (Å²) in [5, 5.41) is 6.09. The van der Waals surface area contributed by atoms with E-state index in [1.807, 2.05) is 29.2 Å². The van der Waals surface area contributed by atoms with Gasteiger partial charge in [0.1, 0.15) is 5.75 Å². The molecule has 24 heavy (non-hydrogen) atoms. The number of fused-ring (bicyclic) bond motifs is 1. The van der Waals surface area contributed by atoms with E-state index in [1.54, 1.807) is 0 Å². The van der Waals surface area contributed by atoms with Crippen molar-refractivity contribution >= 4 is 11.9 Å². The molecule has 4 N–H and O–H groups in total. The SMILES string of the molecule is NC(=O)CN1CCC(NC(=O)N[C@H]2CCOc3ccccc32)CC1. The quantitative estimate of drug-likeness (QED) is 0.758. The molecule has 0 saturated carbocycles. The topological polar surface area (TPSA) is 96.7 Å². The second kappa shape index (κ2) is 7.53. The Morgan fingerprint density at radius 3 is 2.67 bits per heavy atom. The van der Waals surface area contributed by atoms with Crippen LogP contribution in [-0.2, 0) is 4.79 Å². The maximum absolute atomic E-state index is 12.3. The zero-order chi connectivity index (χ0) is 16.9. The highest BCUT2D eigenvalue weighted by Gasteiger charge is 2.25. The van der Waals surface area contributed by atoms with Crippen molar-refractivity contribution in [3.63, 3.8) is 0 Å². The summed E-state index contributed by atoms with van der Waals surface area (Å²) in [6, 6.07) is 7.76. The zero-order valence-corrected chi connectivity index (χ0v) is 13.7. The lowest BCUT2D eigenvalue weighted by molar-refractivity contribution is -0.119. The number of piperidine rings is 1. The summed E-state index contributed by atoms with van der Waals surface area (Å²) in [5.41, 5.74) is 6.23. The van der Waals surface area contributed by atoms with Crippen molar-refractivity contribution in [3.8, 4) is 5.75 Å². The van der Waals surface area contributed by atoms with Gasteiger partial charge in [0.2, 0.25) is 5.91 Å². The van der Waals surface area contributed by atoms with Crippen LogP contribution in [0.15, 0.2) is 24.3 Å². The number of hydrogen-bond acceptors (Lipinski definition) is 4. The van der Waals surface area contributed by atoms with Crippen molar-refractivity contribution < 1.29 is 14.3 Å². The van der Waals surface area contributed by atoms with Crippen LogP contribution >= 0.6 is 0 Å². The number of ether oxygens (including phenoxy) is 1. The van der Waals surface area contributed by atoms with Crippen molar-refractivity contribution in [2.45, 2.75) is 31.3 Å². The molecule has 3 amide bonds. The van der Waals surface area contributed by atoms with Gasteiger partial charge in [-0.2, -0.15) is 0 Å². The second-order valence-corrected chi connectivity index (χ2v) is 6.36. The molecule has 1 aromatic carbocycles. The van der Waals surface area contributed by atoms with Crippen LogP contribution in [0.5, 0.6) is 5.75 Å². The van der Waals surface area contributed by atoms with Crippen LogP contribution in [0.2, 0.25) is 0 Å². The average molecular weight is 332 g/mol. The molecule has 2 heterocycles. The van der Waals surface area contributed by atoms with Crippen molar-refractivity contribution in [1.29, 1.82) is 0 Å². The third kappa shape index (κ3) is 4.17. The van der Waals surface area contributed by atoms with Crippen LogP contribution in [0.1, 0.15) is 30.9 Å². The first-order valence-corrected chi connectivity index (χ1v) is 8.41. The van der Waals surface area contributed by atoms with Gasteiger partial charge in [0.15, 0.2) is 0 Å². The maximum atomic E-state index is 12.3. The Kier molecular flexibility index (Phi) is 5.20. The molecular formula is C17H24N4O3. The van der Waals surface area contributed by atoms with Crippen molar-refractivity contribution in [1.82, 2.24) is 15.5 Å². The molecule has 1 atom stereocenters. The molecule has 2 aliphatic rings. The molecule has 0 spiro atoms. The van der Waals surface area contributed by atoms with Crippen LogP contribution < -0.4 is 21.1 Å². The third-order valence-electron chi connectivity index (χ3n) is 4.57. The lowest BCUT2D eigenvalue weighted by Crippen LogP contribution is -2.50. The normalized spacial score (nSPS) is 21.4. The number of nitrogens with zero attached hydrogens (tertiary/aromatic N) is 1. The molecule has 1 aromatic rings. The number of hydrogen-bond donors (Lipinski definition) is 3. The van der Waals surface area contributed by atoms with Gasteiger partial charge >= 0.3 is 6.03 Å². The minimum Gasteiger partial charge on any atom is -0.493 e. The first-order chi connectivity index (χ1) is 11.6. The number of benzene rings is 1. The summed E-state index contributed by atoms with van der Waals surface area (Å²) in [4.78, 5) is 25.3. The summed E-state index contributed by atoms with van der Waals surface area (Å²) in [6.07, 6.45) is 2.41. The van der Waals surface area contributed by atoms with Gasteiger partial charge in [0, 0.05) is 31.1 Å². The molecule has 3 rings (SSSR count). The summed E-state index contributed by atoms with van der Waals surface area (Å²) < 4.78 is 5.61. The minimum atomic E-state index is -0.308. The Hall–Kier alpha value is -2.28. The predicted octanol–water partition coefficient (Wildman–Crippen LogP) is 0.759. The molecule has 0 aromatic heterocycles. The van der Waals surface area contributed by atoms with Gasteiger partial charge in [-0.3, -0.25) is 9.69 Å². The summed E-state index contributed by atoms with van der Waals surface area (Å²) in [7, 11) is 0. The highest BCUT2D eigenvalue weighted by Crippen LogP contribution is 2.31. The number of urea groups is 1. The molecule has 7 heteroatoms. The van der Waals surface area contributed by atoms with Crippen LogP contribution in [-0.4, -0.2) is 49.1 Å². The molecule has 0 aliphatic carbocycles. The summed E-state index contributed by atoms with van der Waals surface area (Å²) in [6.45, 7) is 2.44. The number of para-hydroxylation sites is 1. The van der Waals surface area contributed by atoms with Gasteiger partial charge in [-0.1, -0.05) is 18.2 Å². The van der Waals surface area contributed by atoms with Crippen LogP contribution in [0, 0.1) is 0 Å². The van der Waals surface area contributed by atoms with Crippen molar-refractivity contribution in [2.24, 2.45) is 5.73 Å². The number of nitrogens with two attached hydrogens (primary N) is 1. The lowest BCUT2D eigenvalue weighted by Gasteiger charge is -2.32. The fraction of sp³-hybridized carbons (Fsp3) is 0.529. The number of carbonyl (C=O) groups excluding carboxylic acids is 2. The fourth-order valence-electron chi connectivity index (χ4n) is 3.33. The molecule has 7 nitrogen and oxygen atoms in total. The standard InChI is InChI=1S/C17H24N4O3/c18-16(22)11-21-8-5-12(6-9-21)19-17(23)20-14-7-10-24-15-4-2-1-3-13(14)15/h1-4,12,14H,5-11H2,(H2,18,22)(H2,19,20,23)/t14-/m0/s1. The first kappa shape index (κ1) is 16.6. The third-order valence-corrected chi connectivity index (χ3v) is 4.57. The lowest BCUT2D eigenvalue weighted by atomic mass is 10.0. The summed E-state index contributed by atoms with van der Waals surface area (Å²) >= 11 is 0. The van der Waals surface area contributed by atoms with E-state index in [4.69, 9.17) is 10.5 Å². The minimum absolute atomic E-state index is 0.0232. The van der Waals surface area contributed by atoms with Gasteiger partial charge in [0.25, 0.3) is 0 Å². The predicted molar refractivity (Wildman–Crippen MR) is 89.6 cm³/mol. The van der Waals surface area contributed by atoms with Gasteiger partial charge in [0.05, 0.1) is 19.2 Å². The van der Waals surface area contributed by atoms with E-state index in [0.29, 0.717) is 6.61 Å². The Morgan fingerprint density at radius 2 is 1.92 bits per heavy atom. The smallest absolute Gasteiger partial charge is 0.315 e. The van der Waals surface area contributed by atoms with E-state index in [2.05, 4.69) is 10.6 Å². The van der Waals surface area contributed by atoms with Crippen molar-refractivity contribution in [3.05, 3.63) is 29.8 Å². The number of primary amides is 1. The molecular weight excluding hydrogens is 308 g/mol. The fourth-order valence-corrected chi connectivity index (χ4v) is 3.33. The highest BCUT2D eigenvalue weighted by molar-refractivity contribution is 5.76. The molecule has 1 saturated heterocycles. The van der Waals surface area contributed by atoms with Gasteiger partial charge < -0.3 is 21.1 Å². The number of carbonyl (C=O) groups is 2. The Morgan fingerprint density at radius 1 is 1.17 bits per heavy atom. The summed E-state index contributed by atoms with van der Waals surface area (Å²) in [5.74, 6) is 0.533. The Labute approximate surface area is 141 Å². The van der Waals surface area contributed by atoms with E-state index < -0.39 is 0 Å². The van der Waals surface area contributed by atoms with Crippen LogP contribution in [0.3, 0.4) is 0 Å². The van der Waals surface area contributed by atoms with E-state index >= 15 is 0 Å². The molecule has 0 bridgehead atoms. The van der Waals surface area contributed by atoms with Gasteiger partial charge in [-0.15, -0.1) is 0 Å². The molecule has 0 radical (unpaired) electrons.